The van der Waals surface area contributed by atoms with Crippen LogP contribution in [0.4, 0.5) is 10.6 Å². The maximum atomic E-state index is 12.5. The number of hydrogen-bond acceptors (Lipinski definition) is 10. The van der Waals surface area contributed by atoms with Gasteiger partial charge in [-0.05, 0) is 20.8 Å². The van der Waals surface area contributed by atoms with Crippen LogP contribution in [0.15, 0.2) is 12.7 Å². The Hall–Kier alpha value is -1.15. The van der Waals surface area contributed by atoms with Gasteiger partial charge in [0.05, 0.1) is 12.9 Å². The largest absolute Gasteiger partial charge is 1.00 e. The SMILES string of the molecule is CN(C(=O)NC(C)(C)C)c1ncnc2c1ncn2[C@@H]1O[C@@H]2COP(=O)([O-])O[C@H]2[C@H]1O.[Na+]. The summed E-state index contributed by atoms with van der Waals surface area (Å²) in [6, 6.07) is -0.378. The summed E-state index contributed by atoms with van der Waals surface area (Å²) in [5, 5.41) is 13.4. The van der Waals surface area contributed by atoms with Gasteiger partial charge in [-0.1, -0.05) is 0 Å². The molecule has 2 amide bonds. The summed E-state index contributed by atoms with van der Waals surface area (Å²) in [6.07, 6.45) is -1.56. The van der Waals surface area contributed by atoms with Gasteiger partial charge in [-0.15, -0.1) is 0 Å². The number of aromatic nitrogens is 4. The summed E-state index contributed by atoms with van der Waals surface area (Å²) in [7, 11) is -2.94. The molecule has 2 N–H and O–H groups in total. The van der Waals surface area contributed by atoms with Crippen LogP contribution in [0.3, 0.4) is 0 Å². The average molecular weight is 464 g/mol. The number of fused-ring (bicyclic) bond motifs is 2. The third kappa shape index (κ3) is 4.80. The Bertz CT molecular complexity index is 1030. The van der Waals surface area contributed by atoms with Gasteiger partial charge in [0.25, 0.3) is 7.82 Å². The van der Waals surface area contributed by atoms with Crippen LogP contribution in [0.1, 0.15) is 27.0 Å². The second-order valence-corrected chi connectivity index (χ2v) is 9.49. The Kier molecular flexibility index (Phi) is 6.84. The maximum absolute atomic E-state index is 12.5. The first-order valence-electron chi connectivity index (χ1n) is 9.18. The normalized spacial score (nSPS) is 30.5. The molecular formula is C16H22N6NaO7P. The van der Waals surface area contributed by atoms with Crippen LogP contribution >= 0.6 is 7.82 Å². The molecule has 164 valence electrons. The quantitative estimate of drug-likeness (QED) is 0.344. The summed E-state index contributed by atoms with van der Waals surface area (Å²) in [6.45, 7) is 5.30. The summed E-state index contributed by atoms with van der Waals surface area (Å²) in [5.74, 6) is 0.258. The van der Waals surface area contributed by atoms with Crippen LogP contribution in [0.25, 0.3) is 11.2 Å². The molecule has 2 aromatic heterocycles. The maximum Gasteiger partial charge on any atom is 1.00 e. The number of imidazole rings is 1. The Morgan fingerprint density at radius 2 is 2.10 bits per heavy atom. The summed E-state index contributed by atoms with van der Waals surface area (Å²) in [4.78, 5) is 38.0. The molecule has 2 aromatic rings. The second kappa shape index (κ2) is 8.65. The molecule has 0 radical (unpaired) electrons. The Morgan fingerprint density at radius 1 is 1.39 bits per heavy atom. The molecule has 2 fully saturated rings. The van der Waals surface area contributed by atoms with Gasteiger partial charge in [0, 0.05) is 12.6 Å². The van der Waals surface area contributed by atoms with Gasteiger partial charge in [0.15, 0.2) is 23.2 Å². The van der Waals surface area contributed by atoms with Crippen LogP contribution in [0, 0.1) is 0 Å². The van der Waals surface area contributed by atoms with Crippen molar-refractivity contribution >= 4 is 30.8 Å². The van der Waals surface area contributed by atoms with Crippen molar-refractivity contribution in [2.45, 2.75) is 50.8 Å². The minimum absolute atomic E-state index is 0. The van der Waals surface area contributed by atoms with Gasteiger partial charge in [0.1, 0.15) is 24.6 Å². The summed E-state index contributed by atoms with van der Waals surface area (Å²) in [5.41, 5.74) is 0.156. The minimum Gasteiger partial charge on any atom is -0.756 e. The molecule has 5 atom stereocenters. The molecule has 4 rings (SSSR count). The number of aliphatic hydroxyl groups excluding tert-OH is 1. The van der Waals surface area contributed by atoms with E-state index in [9.17, 15) is 19.4 Å². The molecule has 0 bridgehead atoms. The van der Waals surface area contributed by atoms with Crippen molar-refractivity contribution in [1.29, 1.82) is 0 Å². The van der Waals surface area contributed by atoms with Crippen LogP contribution in [-0.4, -0.2) is 68.2 Å². The molecule has 2 saturated heterocycles. The van der Waals surface area contributed by atoms with E-state index in [-0.39, 0.29) is 48.0 Å². The molecular weight excluding hydrogens is 442 g/mol. The van der Waals surface area contributed by atoms with Crippen molar-refractivity contribution in [3.8, 4) is 0 Å². The van der Waals surface area contributed by atoms with E-state index in [1.54, 1.807) is 7.05 Å². The fourth-order valence-corrected chi connectivity index (χ4v) is 4.28. The monoisotopic (exact) mass is 464 g/mol. The zero-order valence-electron chi connectivity index (χ0n) is 17.8. The van der Waals surface area contributed by atoms with Crippen molar-refractivity contribution in [1.82, 2.24) is 24.8 Å². The van der Waals surface area contributed by atoms with E-state index in [4.69, 9.17) is 9.26 Å². The number of aliphatic hydroxyl groups is 1. The van der Waals surface area contributed by atoms with Crippen LogP contribution in [0.2, 0.25) is 0 Å². The zero-order valence-corrected chi connectivity index (χ0v) is 20.6. The number of phosphoric ester groups is 1. The number of hydrogen-bond donors (Lipinski definition) is 2. The Morgan fingerprint density at radius 3 is 2.77 bits per heavy atom. The molecule has 1 unspecified atom stereocenters. The standard InChI is InChI=1S/C16H23N6O7P.Na/c1-16(2,3)20-15(24)21(4)12-9-13(18-6-17-12)22(7-19-9)14-10(23)11-8(28-14)5-27-30(25,26)29-11;/h6-8,10-11,14,23H,5H2,1-4H3,(H,20,24)(H,25,26);/q;+1/p-1/t8-,10-,11-,14-;/m1./s1. The van der Waals surface area contributed by atoms with Crippen LogP contribution < -0.4 is 44.7 Å². The molecule has 15 heteroatoms. The first kappa shape index (κ1) is 24.5. The van der Waals surface area contributed by atoms with Crippen molar-refractivity contribution in [3.05, 3.63) is 12.7 Å². The predicted octanol–water partition coefficient (Wildman–Crippen LogP) is -3.08. The Labute approximate surface area is 200 Å². The predicted molar refractivity (Wildman–Crippen MR) is 100 cm³/mol. The van der Waals surface area contributed by atoms with E-state index in [2.05, 4.69) is 24.8 Å². The van der Waals surface area contributed by atoms with E-state index in [1.807, 2.05) is 20.8 Å². The zero-order chi connectivity index (χ0) is 21.8. The molecule has 0 aliphatic carbocycles. The molecule has 0 spiro atoms. The average Bonchev–Trinajstić information content (AvgIpc) is 3.20. The first-order valence-corrected chi connectivity index (χ1v) is 10.6. The summed E-state index contributed by atoms with van der Waals surface area (Å²) >= 11 is 0. The van der Waals surface area contributed by atoms with E-state index >= 15 is 0 Å². The van der Waals surface area contributed by atoms with E-state index in [1.165, 1.54) is 22.1 Å². The molecule has 0 aromatic carbocycles. The molecule has 0 saturated carbocycles. The topological polar surface area (TPSA) is 164 Å². The van der Waals surface area contributed by atoms with Gasteiger partial charge in [0.2, 0.25) is 0 Å². The number of urea groups is 1. The third-order valence-corrected chi connectivity index (χ3v) is 5.64. The second-order valence-electron chi connectivity index (χ2n) is 8.13. The molecule has 13 nitrogen and oxygen atoms in total. The van der Waals surface area contributed by atoms with E-state index in [0.717, 1.165) is 0 Å². The number of amides is 2. The number of nitrogens with zero attached hydrogens (tertiary/aromatic N) is 5. The van der Waals surface area contributed by atoms with Crippen LogP contribution in [-0.2, 0) is 18.3 Å². The number of carbonyl (C=O) groups is 1. The summed E-state index contributed by atoms with van der Waals surface area (Å²) < 4.78 is 28.3. The Balaban J connectivity index is 0.00000272. The van der Waals surface area contributed by atoms with Crippen molar-refractivity contribution < 1.29 is 62.7 Å². The van der Waals surface area contributed by atoms with Gasteiger partial charge in [-0.25, -0.2) is 19.7 Å². The van der Waals surface area contributed by atoms with E-state index < -0.39 is 37.9 Å². The number of carbonyl (C=O) groups excluding carboxylic acids is 1. The van der Waals surface area contributed by atoms with Crippen LogP contribution in [0.5, 0.6) is 0 Å². The third-order valence-electron chi connectivity index (χ3n) is 4.68. The molecule has 4 heterocycles. The van der Waals surface area contributed by atoms with Gasteiger partial charge >= 0.3 is 35.6 Å². The minimum atomic E-state index is -4.49. The number of ether oxygens (including phenoxy) is 1. The van der Waals surface area contributed by atoms with Crippen molar-refractivity contribution in [3.63, 3.8) is 0 Å². The van der Waals surface area contributed by atoms with E-state index in [0.29, 0.717) is 11.2 Å². The number of rotatable bonds is 2. The fourth-order valence-electron chi connectivity index (χ4n) is 3.33. The van der Waals surface area contributed by atoms with Gasteiger partial charge in [-0.2, -0.15) is 0 Å². The van der Waals surface area contributed by atoms with Gasteiger partial charge < -0.3 is 29.1 Å². The number of anilines is 1. The first-order chi connectivity index (χ1) is 14.0. The number of nitrogens with one attached hydrogen (secondary N) is 1. The number of phosphoric acid groups is 1. The van der Waals surface area contributed by atoms with Crippen molar-refractivity contribution in [2.24, 2.45) is 0 Å². The smallest absolute Gasteiger partial charge is 0.756 e. The van der Waals surface area contributed by atoms with Gasteiger partial charge in [-0.3, -0.25) is 14.0 Å². The molecule has 2 aliphatic heterocycles. The molecule has 2 aliphatic rings. The fraction of sp³-hybridized carbons (Fsp3) is 0.625. The molecule has 31 heavy (non-hydrogen) atoms. The van der Waals surface area contributed by atoms with Crippen molar-refractivity contribution in [2.75, 3.05) is 18.6 Å².